The number of ether oxygens (including phenoxy) is 2. The molecule has 0 N–H and O–H groups in total. The van der Waals surface area contributed by atoms with Gasteiger partial charge in [-0.25, -0.2) is 0 Å². The zero-order valence-electron chi connectivity index (χ0n) is 16.0. The predicted molar refractivity (Wildman–Crippen MR) is 104 cm³/mol. The van der Waals surface area contributed by atoms with Crippen LogP contribution in [0.1, 0.15) is 30.7 Å². The Morgan fingerprint density at radius 2 is 2.19 bits per heavy atom. The van der Waals surface area contributed by atoms with E-state index in [1.807, 2.05) is 31.5 Å². The van der Waals surface area contributed by atoms with Crippen LogP contribution in [0.4, 0.5) is 0 Å². The molecule has 0 radical (unpaired) electrons. The molecule has 1 aliphatic rings. The first-order valence-electron chi connectivity index (χ1n) is 9.08. The summed E-state index contributed by atoms with van der Waals surface area (Å²) in [6.07, 6.45) is 2.82. The van der Waals surface area contributed by atoms with Gasteiger partial charge in [-0.2, -0.15) is 0 Å². The molecule has 1 aromatic carbocycles. The minimum Gasteiger partial charge on any atom is -0.494 e. The molecule has 0 spiro atoms. The van der Waals surface area contributed by atoms with Gasteiger partial charge in [0, 0.05) is 30.3 Å². The summed E-state index contributed by atoms with van der Waals surface area (Å²) in [4.78, 5) is 0. The van der Waals surface area contributed by atoms with Crippen LogP contribution < -0.4 is 9.47 Å². The lowest BCUT2D eigenvalue weighted by molar-refractivity contribution is 0.254. The molecule has 2 aromatic heterocycles. The summed E-state index contributed by atoms with van der Waals surface area (Å²) in [5.41, 5.74) is 3.29. The topological polar surface area (TPSA) is 62.3 Å². The quantitative estimate of drug-likeness (QED) is 0.586. The van der Waals surface area contributed by atoms with Crippen LogP contribution >= 0.6 is 11.8 Å². The van der Waals surface area contributed by atoms with Crippen LogP contribution in [0.25, 0.3) is 11.4 Å². The number of nitrogens with zero attached hydrogens (tertiary/aromatic N) is 3. The molecule has 0 aliphatic carbocycles. The average Bonchev–Trinajstić information content (AvgIpc) is 3.31. The molecule has 0 amide bonds. The van der Waals surface area contributed by atoms with E-state index < -0.39 is 0 Å². The van der Waals surface area contributed by atoms with Crippen molar-refractivity contribution in [3.05, 3.63) is 41.3 Å². The fourth-order valence-corrected chi connectivity index (χ4v) is 4.21. The lowest BCUT2D eigenvalue weighted by Gasteiger charge is -2.12. The Labute approximate surface area is 162 Å². The van der Waals surface area contributed by atoms with Gasteiger partial charge in [-0.05, 0) is 39.0 Å². The zero-order valence-corrected chi connectivity index (χ0v) is 16.8. The number of thioether (sulfide) groups is 1. The first kappa shape index (κ1) is 18.0. The van der Waals surface area contributed by atoms with Crippen LogP contribution in [0.2, 0.25) is 0 Å². The zero-order chi connectivity index (χ0) is 19.0. The van der Waals surface area contributed by atoms with Crippen molar-refractivity contribution in [1.82, 2.24) is 14.8 Å². The number of hydrogen-bond acceptors (Lipinski definition) is 6. The fraction of sp³-hybridized carbons (Fsp3) is 0.400. The Hall–Kier alpha value is -2.41. The summed E-state index contributed by atoms with van der Waals surface area (Å²) < 4.78 is 19.2. The highest BCUT2D eigenvalue weighted by molar-refractivity contribution is 7.98. The Balaban J connectivity index is 1.57. The van der Waals surface area contributed by atoms with E-state index in [1.165, 1.54) is 5.56 Å². The first-order chi connectivity index (χ1) is 13.1. The number of fused-ring (bicyclic) bond motifs is 1. The molecule has 0 saturated carbocycles. The van der Waals surface area contributed by atoms with E-state index in [9.17, 15) is 0 Å². The van der Waals surface area contributed by atoms with Crippen LogP contribution in [0, 0.1) is 6.92 Å². The summed E-state index contributed by atoms with van der Waals surface area (Å²) in [6, 6.07) is 6.14. The molecule has 3 aromatic rings. The number of aromatic nitrogens is 3. The van der Waals surface area contributed by atoms with Crippen molar-refractivity contribution < 1.29 is 13.9 Å². The molecular weight excluding hydrogens is 362 g/mol. The largest absolute Gasteiger partial charge is 0.494 e. The molecule has 3 heterocycles. The number of hydrogen-bond donors (Lipinski definition) is 0. The monoisotopic (exact) mass is 385 g/mol. The summed E-state index contributed by atoms with van der Waals surface area (Å²) in [5, 5.41) is 9.53. The Bertz CT molecular complexity index is 964. The smallest absolute Gasteiger partial charge is 0.191 e. The minimum atomic E-state index is 0.219. The highest BCUT2D eigenvalue weighted by atomic mass is 32.2. The van der Waals surface area contributed by atoms with E-state index in [-0.39, 0.29) is 6.10 Å². The van der Waals surface area contributed by atoms with Crippen molar-refractivity contribution in [3.8, 4) is 22.9 Å². The van der Waals surface area contributed by atoms with Crippen LogP contribution in [0.15, 0.2) is 34.0 Å². The highest BCUT2D eigenvalue weighted by Gasteiger charge is 2.22. The lowest BCUT2D eigenvalue weighted by atomic mass is 10.1. The summed E-state index contributed by atoms with van der Waals surface area (Å²) >= 11 is 1.63. The Kier molecular flexibility index (Phi) is 4.86. The van der Waals surface area contributed by atoms with Gasteiger partial charge in [0.25, 0.3) is 0 Å². The van der Waals surface area contributed by atoms with E-state index >= 15 is 0 Å². The van der Waals surface area contributed by atoms with Crippen molar-refractivity contribution >= 4 is 11.8 Å². The minimum absolute atomic E-state index is 0.219. The SMILES string of the molecule is CCOc1cc2c(cc1CSc1nnc(-c3ccoc3C)n1C)OC(C)C2. The molecule has 0 saturated heterocycles. The molecule has 0 bridgehead atoms. The van der Waals surface area contributed by atoms with E-state index in [4.69, 9.17) is 13.9 Å². The van der Waals surface area contributed by atoms with Crippen LogP contribution in [0.5, 0.6) is 11.5 Å². The van der Waals surface area contributed by atoms with Crippen molar-refractivity contribution in [2.75, 3.05) is 6.61 Å². The van der Waals surface area contributed by atoms with Crippen LogP contribution in [-0.2, 0) is 19.2 Å². The standard InChI is InChI=1S/C20H23N3O3S/c1-5-24-17-9-14-8-12(2)26-18(14)10-15(17)11-27-20-22-21-19(23(20)4)16-6-7-25-13(16)3/h6-7,9-10,12H,5,8,11H2,1-4H3. The molecule has 1 aliphatic heterocycles. The van der Waals surface area contributed by atoms with Gasteiger partial charge in [0.2, 0.25) is 0 Å². The number of aryl methyl sites for hydroxylation is 1. The molecule has 1 atom stereocenters. The first-order valence-corrected chi connectivity index (χ1v) is 10.1. The van der Waals surface area contributed by atoms with Gasteiger partial charge in [-0.1, -0.05) is 11.8 Å². The Morgan fingerprint density at radius 1 is 1.33 bits per heavy atom. The molecule has 4 rings (SSSR count). The maximum atomic E-state index is 5.91. The maximum Gasteiger partial charge on any atom is 0.191 e. The molecular formula is C20H23N3O3S. The fourth-order valence-electron chi connectivity index (χ4n) is 3.32. The highest BCUT2D eigenvalue weighted by Crippen LogP contribution is 2.37. The van der Waals surface area contributed by atoms with Crippen molar-refractivity contribution in [2.45, 2.75) is 44.2 Å². The normalized spacial score (nSPS) is 15.6. The second kappa shape index (κ2) is 7.31. The van der Waals surface area contributed by atoms with E-state index in [0.29, 0.717) is 6.61 Å². The summed E-state index contributed by atoms with van der Waals surface area (Å²) in [5.74, 6) is 4.27. The molecule has 1 unspecified atom stereocenters. The molecule has 6 nitrogen and oxygen atoms in total. The van der Waals surface area contributed by atoms with E-state index in [0.717, 1.165) is 51.5 Å². The van der Waals surface area contributed by atoms with Gasteiger partial charge < -0.3 is 18.5 Å². The van der Waals surface area contributed by atoms with Crippen molar-refractivity contribution in [3.63, 3.8) is 0 Å². The lowest BCUT2D eigenvalue weighted by Crippen LogP contribution is -2.05. The van der Waals surface area contributed by atoms with E-state index in [2.05, 4.69) is 29.3 Å². The van der Waals surface area contributed by atoms with Gasteiger partial charge in [-0.3, -0.25) is 0 Å². The van der Waals surface area contributed by atoms with Gasteiger partial charge in [-0.15, -0.1) is 10.2 Å². The summed E-state index contributed by atoms with van der Waals surface area (Å²) in [7, 11) is 1.97. The van der Waals surface area contributed by atoms with Crippen molar-refractivity contribution in [2.24, 2.45) is 7.05 Å². The average molecular weight is 385 g/mol. The molecule has 27 heavy (non-hydrogen) atoms. The van der Waals surface area contributed by atoms with Gasteiger partial charge in [0.05, 0.1) is 18.4 Å². The number of benzene rings is 1. The van der Waals surface area contributed by atoms with Crippen LogP contribution in [-0.4, -0.2) is 27.5 Å². The van der Waals surface area contributed by atoms with Crippen molar-refractivity contribution in [1.29, 1.82) is 0 Å². The molecule has 7 heteroatoms. The molecule has 142 valence electrons. The second-order valence-corrected chi connectivity index (χ2v) is 7.62. The van der Waals surface area contributed by atoms with Gasteiger partial charge in [0.1, 0.15) is 23.4 Å². The van der Waals surface area contributed by atoms with Crippen LogP contribution in [0.3, 0.4) is 0 Å². The second-order valence-electron chi connectivity index (χ2n) is 6.68. The number of rotatable bonds is 6. The van der Waals surface area contributed by atoms with Gasteiger partial charge >= 0.3 is 0 Å². The van der Waals surface area contributed by atoms with Gasteiger partial charge in [0.15, 0.2) is 11.0 Å². The Morgan fingerprint density at radius 3 is 2.93 bits per heavy atom. The molecule has 0 fully saturated rings. The van der Waals surface area contributed by atoms with E-state index in [1.54, 1.807) is 18.0 Å². The predicted octanol–water partition coefficient (Wildman–Crippen LogP) is 4.40. The third kappa shape index (κ3) is 3.43. The maximum absolute atomic E-state index is 5.91. The third-order valence-electron chi connectivity index (χ3n) is 4.67. The number of furan rings is 1. The third-order valence-corrected chi connectivity index (χ3v) is 5.74. The summed E-state index contributed by atoms with van der Waals surface area (Å²) in [6.45, 7) is 6.66.